The number of methoxy groups -OCH3 is 1. The molecule has 0 spiro atoms. The minimum absolute atomic E-state index is 0.778. The summed E-state index contributed by atoms with van der Waals surface area (Å²) in [7, 11) is 1.73. The van der Waals surface area contributed by atoms with Gasteiger partial charge < -0.3 is 9.64 Å². The van der Waals surface area contributed by atoms with Crippen LogP contribution in [0.15, 0.2) is 48.5 Å². The van der Waals surface area contributed by atoms with Crippen LogP contribution in [0.4, 0.5) is 5.69 Å². The van der Waals surface area contributed by atoms with E-state index in [0.717, 1.165) is 49.6 Å². The quantitative estimate of drug-likeness (QED) is 0.737. The van der Waals surface area contributed by atoms with Crippen LogP contribution in [-0.2, 0) is 6.67 Å². The number of hydrogen-bond donors (Lipinski definition) is 0. The van der Waals surface area contributed by atoms with Gasteiger partial charge in [-0.05, 0) is 24.3 Å². The molecule has 24 heavy (non-hydrogen) atoms. The van der Waals surface area contributed by atoms with Crippen molar-refractivity contribution in [3.63, 3.8) is 0 Å². The van der Waals surface area contributed by atoms with Gasteiger partial charge in [-0.2, -0.15) is 0 Å². The molecule has 1 saturated heterocycles. The Morgan fingerprint density at radius 1 is 0.958 bits per heavy atom. The van der Waals surface area contributed by atoms with Gasteiger partial charge in [0.05, 0.1) is 25.0 Å². The molecular weight excluding hydrogens is 302 g/mol. The zero-order valence-corrected chi connectivity index (χ0v) is 13.8. The van der Waals surface area contributed by atoms with Crippen LogP contribution in [0, 0.1) is 0 Å². The van der Waals surface area contributed by atoms with E-state index in [0.29, 0.717) is 0 Å². The largest absolute Gasteiger partial charge is 0.495 e. The Kier molecular flexibility index (Phi) is 4.04. The Morgan fingerprint density at radius 3 is 2.54 bits per heavy atom. The summed E-state index contributed by atoms with van der Waals surface area (Å²) in [5.41, 5.74) is 3.21. The second-order valence-electron chi connectivity index (χ2n) is 6.00. The summed E-state index contributed by atoms with van der Waals surface area (Å²) in [4.78, 5) is 4.79. The molecule has 1 aliphatic rings. The minimum atomic E-state index is 0.778. The average Bonchev–Trinajstić information content (AvgIpc) is 3.05. The van der Waals surface area contributed by atoms with Crippen LogP contribution in [0.5, 0.6) is 5.75 Å². The molecule has 2 heterocycles. The third kappa shape index (κ3) is 2.80. The predicted molar refractivity (Wildman–Crippen MR) is 94.3 cm³/mol. The number of anilines is 1. The third-order valence-electron chi connectivity index (χ3n) is 4.55. The lowest BCUT2D eigenvalue weighted by Gasteiger charge is -2.36. The first-order valence-corrected chi connectivity index (χ1v) is 8.24. The number of para-hydroxylation sites is 3. The molecule has 0 atom stereocenters. The zero-order valence-electron chi connectivity index (χ0n) is 13.8. The maximum Gasteiger partial charge on any atom is 0.142 e. The van der Waals surface area contributed by atoms with Crippen molar-refractivity contribution in [2.24, 2.45) is 0 Å². The second kappa shape index (κ2) is 6.49. The van der Waals surface area contributed by atoms with Gasteiger partial charge in [0.2, 0.25) is 0 Å². The van der Waals surface area contributed by atoms with E-state index in [4.69, 9.17) is 4.74 Å². The summed E-state index contributed by atoms with van der Waals surface area (Å²) in [6, 6.07) is 16.3. The molecule has 0 unspecified atom stereocenters. The van der Waals surface area contributed by atoms with E-state index in [2.05, 4.69) is 38.3 Å². The molecular formula is C18H21N5O. The summed E-state index contributed by atoms with van der Waals surface area (Å²) in [5, 5.41) is 8.51. The smallest absolute Gasteiger partial charge is 0.142 e. The maximum atomic E-state index is 5.48. The van der Waals surface area contributed by atoms with Gasteiger partial charge in [0, 0.05) is 26.2 Å². The fourth-order valence-corrected chi connectivity index (χ4v) is 3.23. The molecule has 3 aromatic rings. The van der Waals surface area contributed by atoms with E-state index < -0.39 is 0 Å². The summed E-state index contributed by atoms with van der Waals surface area (Å²) in [6.45, 7) is 4.72. The highest BCUT2D eigenvalue weighted by Crippen LogP contribution is 2.28. The summed E-state index contributed by atoms with van der Waals surface area (Å²) >= 11 is 0. The van der Waals surface area contributed by atoms with Crippen molar-refractivity contribution >= 4 is 16.7 Å². The van der Waals surface area contributed by atoms with E-state index in [1.807, 2.05) is 35.0 Å². The lowest BCUT2D eigenvalue weighted by atomic mass is 10.2. The highest BCUT2D eigenvalue weighted by molar-refractivity contribution is 5.73. The summed E-state index contributed by atoms with van der Waals surface area (Å²) < 4.78 is 7.46. The third-order valence-corrected chi connectivity index (χ3v) is 4.55. The zero-order chi connectivity index (χ0) is 16.4. The summed E-state index contributed by atoms with van der Waals surface area (Å²) in [6.07, 6.45) is 0. The van der Waals surface area contributed by atoms with Crippen LogP contribution >= 0.6 is 0 Å². The SMILES string of the molecule is COc1ccccc1N1CCN(Cn2nnc3ccccc32)CC1. The molecule has 1 fully saturated rings. The number of ether oxygens (including phenoxy) is 1. The Bertz CT molecular complexity index is 823. The molecule has 0 radical (unpaired) electrons. The number of benzene rings is 2. The van der Waals surface area contributed by atoms with Gasteiger partial charge in [0.25, 0.3) is 0 Å². The van der Waals surface area contributed by atoms with Crippen LogP contribution < -0.4 is 9.64 Å². The van der Waals surface area contributed by atoms with E-state index in [9.17, 15) is 0 Å². The molecule has 0 aliphatic carbocycles. The topological polar surface area (TPSA) is 46.4 Å². The number of hydrogen-bond acceptors (Lipinski definition) is 5. The van der Waals surface area contributed by atoms with Crippen molar-refractivity contribution in [2.45, 2.75) is 6.67 Å². The number of nitrogens with zero attached hydrogens (tertiary/aromatic N) is 5. The monoisotopic (exact) mass is 323 g/mol. The van der Waals surface area contributed by atoms with Crippen molar-refractivity contribution in [3.8, 4) is 5.75 Å². The number of rotatable bonds is 4. The van der Waals surface area contributed by atoms with Crippen molar-refractivity contribution in [3.05, 3.63) is 48.5 Å². The molecule has 6 heteroatoms. The van der Waals surface area contributed by atoms with Crippen LogP contribution in [-0.4, -0.2) is 53.2 Å². The maximum absolute atomic E-state index is 5.48. The predicted octanol–water partition coefficient (Wildman–Crippen LogP) is 2.22. The minimum Gasteiger partial charge on any atom is -0.495 e. The molecule has 6 nitrogen and oxygen atoms in total. The Morgan fingerprint density at radius 2 is 1.71 bits per heavy atom. The Balaban J connectivity index is 1.43. The van der Waals surface area contributed by atoms with E-state index in [1.54, 1.807) is 7.11 Å². The summed E-state index contributed by atoms with van der Waals surface area (Å²) in [5.74, 6) is 0.938. The first-order valence-electron chi connectivity index (χ1n) is 8.24. The van der Waals surface area contributed by atoms with Gasteiger partial charge in [-0.3, -0.25) is 4.90 Å². The van der Waals surface area contributed by atoms with Gasteiger partial charge in [0.15, 0.2) is 0 Å². The molecule has 124 valence electrons. The highest BCUT2D eigenvalue weighted by Gasteiger charge is 2.20. The molecule has 4 rings (SSSR count). The molecule has 0 amide bonds. The number of piperazine rings is 1. The van der Waals surface area contributed by atoms with Crippen LogP contribution in [0.25, 0.3) is 11.0 Å². The lowest BCUT2D eigenvalue weighted by Crippen LogP contribution is -2.47. The number of aromatic nitrogens is 3. The van der Waals surface area contributed by atoms with Gasteiger partial charge >= 0.3 is 0 Å². The van der Waals surface area contributed by atoms with E-state index >= 15 is 0 Å². The van der Waals surface area contributed by atoms with E-state index in [1.165, 1.54) is 5.69 Å². The molecule has 1 aromatic heterocycles. The standard InChI is InChI=1S/C18H21N5O/c1-24-18-9-5-4-8-17(18)22-12-10-21(11-13-22)14-23-16-7-3-2-6-15(16)19-20-23/h2-9H,10-14H2,1H3. The number of fused-ring (bicyclic) bond motifs is 1. The van der Waals surface area contributed by atoms with Crippen LogP contribution in [0.2, 0.25) is 0 Å². The fourth-order valence-electron chi connectivity index (χ4n) is 3.23. The fraction of sp³-hybridized carbons (Fsp3) is 0.333. The Labute approximate surface area is 141 Å². The van der Waals surface area contributed by atoms with Crippen molar-refractivity contribution < 1.29 is 4.74 Å². The van der Waals surface area contributed by atoms with Crippen LogP contribution in [0.3, 0.4) is 0 Å². The first kappa shape index (κ1) is 15.0. The lowest BCUT2D eigenvalue weighted by molar-refractivity contribution is 0.197. The van der Waals surface area contributed by atoms with Crippen molar-refractivity contribution in [2.75, 3.05) is 38.2 Å². The van der Waals surface area contributed by atoms with Crippen LogP contribution in [0.1, 0.15) is 0 Å². The van der Waals surface area contributed by atoms with E-state index in [-0.39, 0.29) is 0 Å². The molecule has 0 bridgehead atoms. The molecule has 0 saturated carbocycles. The molecule has 0 N–H and O–H groups in total. The van der Waals surface area contributed by atoms with Gasteiger partial charge in [-0.25, -0.2) is 4.68 Å². The highest BCUT2D eigenvalue weighted by atomic mass is 16.5. The molecule has 1 aliphatic heterocycles. The van der Waals surface area contributed by atoms with Gasteiger partial charge in [-0.15, -0.1) is 5.10 Å². The normalized spacial score (nSPS) is 15.8. The van der Waals surface area contributed by atoms with Gasteiger partial charge in [-0.1, -0.05) is 29.5 Å². The molecule has 2 aromatic carbocycles. The second-order valence-corrected chi connectivity index (χ2v) is 6.00. The Hall–Kier alpha value is -2.60. The van der Waals surface area contributed by atoms with Crippen molar-refractivity contribution in [1.82, 2.24) is 19.9 Å². The van der Waals surface area contributed by atoms with Gasteiger partial charge in [0.1, 0.15) is 11.3 Å². The van der Waals surface area contributed by atoms with Crippen molar-refractivity contribution in [1.29, 1.82) is 0 Å². The average molecular weight is 323 g/mol. The first-order chi connectivity index (χ1) is 11.8.